The number of nitrogens with two attached hydrogens (primary N) is 1. The molecule has 0 aliphatic carbocycles. The summed E-state index contributed by atoms with van der Waals surface area (Å²) in [6.45, 7) is 2.91. The van der Waals surface area contributed by atoms with Crippen LogP contribution in [0, 0.1) is 0 Å². The van der Waals surface area contributed by atoms with Gasteiger partial charge >= 0.3 is 0 Å². The molecule has 0 aliphatic heterocycles. The molecule has 3 heteroatoms. The number of aromatic nitrogens is 1. The Morgan fingerprint density at radius 3 is 2.59 bits per heavy atom. The van der Waals surface area contributed by atoms with Crippen molar-refractivity contribution in [2.45, 2.75) is 19.5 Å². The van der Waals surface area contributed by atoms with Gasteiger partial charge in [-0.25, -0.2) is 0 Å². The summed E-state index contributed by atoms with van der Waals surface area (Å²) in [5.41, 5.74) is 9.09. The Kier molecular flexibility index (Phi) is 3.73. The van der Waals surface area contributed by atoms with E-state index >= 15 is 0 Å². The highest BCUT2D eigenvalue weighted by atomic mass is 14.9. The van der Waals surface area contributed by atoms with E-state index < -0.39 is 0 Å². The summed E-state index contributed by atoms with van der Waals surface area (Å²) in [6.07, 6.45) is 3.62. The van der Waals surface area contributed by atoms with E-state index in [9.17, 15) is 0 Å². The third-order valence-electron chi connectivity index (χ3n) is 2.86. The number of rotatable bonds is 4. The predicted molar refractivity (Wildman–Crippen MR) is 70.3 cm³/mol. The van der Waals surface area contributed by atoms with Crippen LogP contribution >= 0.6 is 0 Å². The lowest BCUT2D eigenvalue weighted by molar-refractivity contribution is 0.575. The molecule has 0 fully saturated rings. The highest BCUT2D eigenvalue weighted by Crippen LogP contribution is 2.14. The van der Waals surface area contributed by atoms with Crippen molar-refractivity contribution in [2.75, 3.05) is 5.73 Å². The number of nitrogen functional groups attached to an aromatic ring is 1. The minimum absolute atomic E-state index is 0.289. The summed E-state index contributed by atoms with van der Waals surface area (Å²) in [6, 6.07) is 12.3. The van der Waals surface area contributed by atoms with Crippen LogP contribution in [-0.4, -0.2) is 4.98 Å². The second kappa shape index (κ2) is 5.46. The van der Waals surface area contributed by atoms with Gasteiger partial charge in [0.2, 0.25) is 0 Å². The molecule has 0 radical (unpaired) electrons. The van der Waals surface area contributed by atoms with E-state index in [1.54, 1.807) is 0 Å². The van der Waals surface area contributed by atoms with Crippen molar-refractivity contribution in [3.63, 3.8) is 0 Å². The SMILES string of the molecule is CC(NCc1ccccc1N)c1ccncc1. The molecule has 17 heavy (non-hydrogen) atoms. The minimum atomic E-state index is 0.289. The lowest BCUT2D eigenvalue weighted by atomic mass is 10.1. The van der Waals surface area contributed by atoms with Crippen molar-refractivity contribution in [3.8, 4) is 0 Å². The number of nitrogens with zero attached hydrogens (tertiary/aromatic N) is 1. The summed E-state index contributed by atoms with van der Waals surface area (Å²) in [5, 5.41) is 3.45. The molecule has 0 saturated carbocycles. The molecule has 2 rings (SSSR count). The van der Waals surface area contributed by atoms with Gasteiger partial charge in [-0.2, -0.15) is 0 Å². The molecule has 3 N–H and O–H groups in total. The fraction of sp³-hybridized carbons (Fsp3) is 0.214. The summed E-state index contributed by atoms with van der Waals surface area (Å²) >= 11 is 0. The van der Waals surface area contributed by atoms with Crippen LogP contribution in [0.2, 0.25) is 0 Å². The van der Waals surface area contributed by atoms with Gasteiger partial charge in [0.25, 0.3) is 0 Å². The van der Waals surface area contributed by atoms with E-state index in [1.165, 1.54) is 5.56 Å². The Morgan fingerprint density at radius 1 is 1.18 bits per heavy atom. The summed E-state index contributed by atoms with van der Waals surface area (Å²) in [4.78, 5) is 4.01. The first-order valence-corrected chi connectivity index (χ1v) is 5.74. The zero-order valence-corrected chi connectivity index (χ0v) is 9.93. The van der Waals surface area contributed by atoms with Crippen molar-refractivity contribution in [3.05, 3.63) is 59.9 Å². The molecule has 1 heterocycles. The first kappa shape index (κ1) is 11.6. The maximum absolute atomic E-state index is 5.90. The molecule has 0 saturated heterocycles. The zero-order chi connectivity index (χ0) is 12.1. The van der Waals surface area contributed by atoms with E-state index in [-0.39, 0.29) is 6.04 Å². The van der Waals surface area contributed by atoms with Crippen molar-refractivity contribution < 1.29 is 0 Å². The maximum Gasteiger partial charge on any atom is 0.0359 e. The molecule has 1 aromatic heterocycles. The van der Waals surface area contributed by atoms with Crippen LogP contribution in [0.1, 0.15) is 24.1 Å². The Labute approximate surface area is 102 Å². The van der Waals surface area contributed by atoms with Crippen molar-refractivity contribution >= 4 is 5.69 Å². The highest BCUT2D eigenvalue weighted by molar-refractivity contribution is 5.46. The standard InChI is InChI=1S/C14H17N3/c1-11(12-6-8-16-9-7-12)17-10-13-4-2-3-5-14(13)15/h2-9,11,17H,10,15H2,1H3. The number of pyridine rings is 1. The third kappa shape index (κ3) is 3.04. The second-order valence-electron chi connectivity index (χ2n) is 4.08. The summed E-state index contributed by atoms with van der Waals surface area (Å²) < 4.78 is 0. The molecular weight excluding hydrogens is 210 g/mol. The van der Waals surface area contributed by atoms with E-state index in [0.717, 1.165) is 17.8 Å². The molecule has 3 nitrogen and oxygen atoms in total. The smallest absolute Gasteiger partial charge is 0.0359 e. The first-order valence-electron chi connectivity index (χ1n) is 5.74. The molecule has 1 unspecified atom stereocenters. The maximum atomic E-state index is 5.90. The van der Waals surface area contributed by atoms with E-state index in [4.69, 9.17) is 5.73 Å². The van der Waals surface area contributed by atoms with Crippen LogP contribution in [0.25, 0.3) is 0 Å². The molecule has 0 bridgehead atoms. The van der Waals surface area contributed by atoms with Crippen LogP contribution in [0.4, 0.5) is 5.69 Å². The topological polar surface area (TPSA) is 50.9 Å². The third-order valence-corrected chi connectivity index (χ3v) is 2.86. The Morgan fingerprint density at radius 2 is 1.88 bits per heavy atom. The van der Waals surface area contributed by atoms with Gasteiger partial charge in [0.15, 0.2) is 0 Å². The van der Waals surface area contributed by atoms with Gasteiger partial charge in [-0.05, 0) is 36.2 Å². The van der Waals surface area contributed by atoms with Crippen LogP contribution in [-0.2, 0) is 6.54 Å². The molecule has 1 aromatic carbocycles. The number of para-hydroxylation sites is 1. The van der Waals surface area contributed by atoms with Gasteiger partial charge in [0.1, 0.15) is 0 Å². The number of benzene rings is 1. The summed E-state index contributed by atoms with van der Waals surface area (Å²) in [5.74, 6) is 0. The monoisotopic (exact) mass is 227 g/mol. The molecule has 0 amide bonds. The molecule has 1 atom stereocenters. The molecule has 0 aliphatic rings. The number of hydrogen-bond donors (Lipinski definition) is 2. The number of anilines is 1. The second-order valence-corrected chi connectivity index (χ2v) is 4.08. The van der Waals surface area contributed by atoms with Gasteiger partial charge in [0, 0.05) is 30.7 Å². The zero-order valence-electron chi connectivity index (χ0n) is 9.93. The number of nitrogens with one attached hydrogen (secondary N) is 1. The van der Waals surface area contributed by atoms with E-state index in [1.807, 2.05) is 48.8 Å². The van der Waals surface area contributed by atoms with Gasteiger partial charge in [0.05, 0.1) is 0 Å². The average Bonchev–Trinajstić information content (AvgIpc) is 2.38. The Bertz CT molecular complexity index is 468. The normalized spacial score (nSPS) is 12.3. The lowest BCUT2D eigenvalue weighted by Crippen LogP contribution is -2.18. The van der Waals surface area contributed by atoms with E-state index in [2.05, 4.69) is 17.2 Å². The van der Waals surface area contributed by atoms with E-state index in [0.29, 0.717) is 0 Å². The van der Waals surface area contributed by atoms with Gasteiger partial charge in [-0.1, -0.05) is 18.2 Å². The molecular formula is C14H17N3. The molecule has 2 aromatic rings. The fourth-order valence-corrected chi connectivity index (χ4v) is 1.73. The number of hydrogen-bond acceptors (Lipinski definition) is 3. The minimum Gasteiger partial charge on any atom is -0.398 e. The van der Waals surface area contributed by atoms with Crippen molar-refractivity contribution in [2.24, 2.45) is 0 Å². The van der Waals surface area contributed by atoms with Crippen molar-refractivity contribution in [1.29, 1.82) is 0 Å². The first-order chi connectivity index (χ1) is 8.27. The predicted octanol–water partition coefficient (Wildman–Crippen LogP) is 2.51. The highest BCUT2D eigenvalue weighted by Gasteiger charge is 2.05. The van der Waals surface area contributed by atoms with Crippen molar-refractivity contribution in [1.82, 2.24) is 10.3 Å². The van der Waals surface area contributed by atoms with Crippen LogP contribution < -0.4 is 11.1 Å². The Balaban J connectivity index is 1.97. The van der Waals surface area contributed by atoms with Crippen LogP contribution in [0.5, 0.6) is 0 Å². The largest absolute Gasteiger partial charge is 0.398 e. The molecule has 0 spiro atoms. The van der Waals surface area contributed by atoms with Crippen LogP contribution in [0.3, 0.4) is 0 Å². The Hall–Kier alpha value is -1.87. The fourth-order valence-electron chi connectivity index (χ4n) is 1.73. The van der Waals surface area contributed by atoms with Gasteiger partial charge in [-0.3, -0.25) is 4.98 Å². The quantitative estimate of drug-likeness (QED) is 0.789. The van der Waals surface area contributed by atoms with Gasteiger partial charge in [-0.15, -0.1) is 0 Å². The lowest BCUT2D eigenvalue weighted by Gasteiger charge is -2.14. The molecule has 88 valence electrons. The average molecular weight is 227 g/mol. The van der Waals surface area contributed by atoms with Crippen LogP contribution in [0.15, 0.2) is 48.8 Å². The summed E-state index contributed by atoms with van der Waals surface area (Å²) in [7, 11) is 0. The van der Waals surface area contributed by atoms with Gasteiger partial charge < -0.3 is 11.1 Å².